The molecule has 0 unspecified atom stereocenters. The third kappa shape index (κ3) is 4.24. The van der Waals surface area contributed by atoms with E-state index in [1.54, 1.807) is 0 Å². The topological polar surface area (TPSA) is 98.7 Å². The van der Waals surface area contributed by atoms with Gasteiger partial charge in [0, 0.05) is 5.69 Å². The van der Waals surface area contributed by atoms with Crippen molar-refractivity contribution in [2.45, 2.75) is 32.8 Å². The number of amides is 2. The van der Waals surface area contributed by atoms with Gasteiger partial charge in [-0.3, -0.25) is 0 Å². The zero-order valence-electron chi connectivity index (χ0n) is 11.6. The summed E-state index contributed by atoms with van der Waals surface area (Å²) in [6.07, 6.45) is -0.0459. The summed E-state index contributed by atoms with van der Waals surface area (Å²) in [6.45, 7) is 3.65. The van der Waals surface area contributed by atoms with E-state index in [4.69, 9.17) is 10.2 Å². The molecule has 20 heavy (non-hydrogen) atoms. The number of hydrogen-bond acceptors (Lipinski definition) is 3. The van der Waals surface area contributed by atoms with E-state index in [0.29, 0.717) is 0 Å². The summed E-state index contributed by atoms with van der Waals surface area (Å²) < 4.78 is 0. The molecule has 6 nitrogen and oxygen atoms in total. The van der Waals surface area contributed by atoms with Crippen molar-refractivity contribution in [1.82, 2.24) is 5.32 Å². The molecule has 0 aliphatic heterocycles. The van der Waals surface area contributed by atoms with Crippen molar-refractivity contribution in [1.29, 1.82) is 0 Å². The molecule has 0 spiro atoms. The van der Waals surface area contributed by atoms with Gasteiger partial charge in [0.25, 0.3) is 0 Å². The maximum absolute atomic E-state index is 11.7. The molecule has 1 aromatic carbocycles. The number of aliphatic hydroxyl groups is 1. The predicted molar refractivity (Wildman–Crippen MR) is 75.9 cm³/mol. The van der Waals surface area contributed by atoms with Gasteiger partial charge in [-0.25, -0.2) is 9.59 Å². The van der Waals surface area contributed by atoms with E-state index in [9.17, 15) is 9.59 Å². The van der Waals surface area contributed by atoms with Crippen molar-refractivity contribution in [2.24, 2.45) is 0 Å². The Morgan fingerprint density at radius 2 is 1.75 bits per heavy atom. The molecule has 0 fully saturated rings. The first kappa shape index (κ1) is 16.0. The maximum Gasteiger partial charge on any atom is 0.334 e. The Hall–Kier alpha value is -2.08. The highest BCUT2D eigenvalue weighted by atomic mass is 16.4. The Bertz CT molecular complexity index is 466. The molecule has 6 heteroatoms. The molecule has 1 atom stereocenters. The largest absolute Gasteiger partial charge is 0.479 e. The van der Waals surface area contributed by atoms with E-state index in [1.807, 2.05) is 32.0 Å². The lowest BCUT2D eigenvalue weighted by atomic mass is 10.0. The van der Waals surface area contributed by atoms with Gasteiger partial charge in [-0.1, -0.05) is 32.0 Å². The first-order valence-electron chi connectivity index (χ1n) is 6.56. The zero-order valence-corrected chi connectivity index (χ0v) is 11.6. The van der Waals surface area contributed by atoms with E-state index in [-0.39, 0.29) is 6.54 Å². The van der Waals surface area contributed by atoms with Gasteiger partial charge in [0.1, 0.15) is 0 Å². The standard InChI is InChI=1S/C14H20N2O4/c1-3-9-6-5-7-10(4-2)12(9)16-14(20)15-8-11(17)13(18)19/h5-7,11,17H,3-4,8H2,1-2H3,(H,18,19)(H2,15,16,20)/t11-/m0/s1. The van der Waals surface area contributed by atoms with Crippen LogP contribution in [0.15, 0.2) is 18.2 Å². The fourth-order valence-electron chi connectivity index (χ4n) is 1.84. The Kier molecular flexibility index (Phi) is 5.99. The fraction of sp³-hybridized carbons (Fsp3) is 0.429. The summed E-state index contributed by atoms with van der Waals surface area (Å²) in [5, 5.41) is 22.7. The smallest absolute Gasteiger partial charge is 0.334 e. The average molecular weight is 280 g/mol. The van der Waals surface area contributed by atoms with Crippen LogP contribution in [-0.2, 0) is 17.6 Å². The highest BCUT2D eigenvalue weighted by Gasteiger charge is 2.15. The Morgan fingerprint density at radius 3 is 2.20 bits per heavy atom. The third-order valence-electron chi connectivity index (χ3n) is 2.98. The van der Waals surface area contributed by atoms with Crippen LogP contribution in [0.4, 0.5) is 10.5 Å². The second kappa shape index (κ2) is 7.49. The number of carbonyl (C=O) groups is 2. The van der Waals surface area contributed by atoms with Crippen molar-refractivity contribution < 1.29 is 19.8 Å². The summed E-state index contributed by atoms with van der Waals surface area (Å²) in [5.74, 6) is -1.37. The first-order chi connectivity index (χ1) is 9.49. The molecular formula is C14H20N2O4. The second-order valence-electron chi connectivity index (χ2n) is 4.35. The SMILES string of the molecule is CCc1cccc(CC)c1NC(=O)NC[C@H](O)C(=O)O. The number of para-hydroxylation sites is 1. The number of anilines is 1. The summed E-state index contributed by atoms with van der Waals surface area (Å²) in [6, 6.07) is 5.28. The van der Waals surface area contributed by atoms with Gasteiger partial charge in [-0.05, 0) is 24.0 Å². The second-order valence-corrected chi connectivity index (χ2v) is 4.35. The Morgan fingerprint density at radius 1 is 1.20 bits per heavy atom. The zero-order chi connectivity index (χ0) is 15.1. The van der Waals surface area contributed by atoms with Crippen LogP contribution in [-0.4, -0.2) is 34.9 Å². The summed E-state index contributed by atoms with van der Waals surface area (Å²) in [4.78, 5) is 22.2. The van der Waals surface area contributed by atoms with Crippen molar-refractivity contribution >= 4 is 17.7 Å². The van der Waals surface area contributed by atoms with E-state index in [0.717, 1.165) is 29.7 Å². The summed E-state index contributed by atoms with van der Waals surface area (Å²) in [7, 11) is 0. The summed E-state index contributed by atoms with van der Waals surface area (Å²) >= 11 is 0. The molecular weight excluding hydrogens is 260 g/mol. The number of nitrogens with one attached hydrogen (secondary N) is 2. The number of hydrogen-bond donors (Lipinski definition) is 4. The average Bonchev–Trinajstić information content (AvgIpc) is 2.44. The van der Waals surface area contributed by atoms with Crippen LogP contribution in [0.1, 0.15) is 25.0 Å². The minimum absolute atomic E-state index is 0.336. The lowest BCUT2D eigenvalue weighted by molar-refractivity contribution is -0.146. The molecule has 1 aromatic rings. The van der Waals surface area contributed by atoms with Crippen molar-refractivity contribution in [3.63, 3.8) is 0 Å². The van der Waals surface area contributed by atoms with Crippen molar-refractivity contribution in [2.75, 3.05) is 11.9 Å². The highest BCUT2D eigenvalue weighted by Crippen LogP contribution is 2.22. The van der Waals surface area contributed by atoms with Crippen molar-refractivity contribution in [3.05, 3.63) is 29.3 Å². The number of carbonyl (C=O) groups excluding carboxylic acids is 1. The van der Waals surface area contributed by atoms with Crippen molar-refractivity contribution in [3.8, 4) is 0 Å². The molecule has 4 N–H and O–H groups in total. The van der Waals surface area contributed by atoms with Gasteiger partial charge in [0.05, 0.1) is 6.54 Å². The van der Waals surface area contributed by atoms with Crippen LogP contribution in [0.3, 0.4) is 0 Å². The van der Waals surface area contributed by atoms with Gasteiger partial charge >= 0.3 is 12.0 Å². The number of aliphatic carboxylic acids is 1. The number of aliphatic hydroxyl groups excluding tert-OH is 1. The first-order valence-corrected chi connectivity index (χ1v) is 6.56. The van der Waals surface area contributed by atoms with Gasteiger partial charge in [0.2, 0.25) is 0 Å². The van der Waals surface area contributed by atoms with Gasteiger partial charge < -0.3 is 20.8 Å². The molecule has 0 aliphatic rings. The lowest BCUT2D eigenvalue weighted by Gasteiger charge is -2.15. The van der Waals surface area contributed by atoms with Crippen LogP contribution in [0.2, 0.25) is 0 Å². The molecule has 0 aliphatic carbocycles. The van der Waals surface area contributed by atoms with Crippen LogP contribution in [0.5, 0.6) is 0 Å². The number of rotatable bonds is 6. The number of carboxylic acid groups (broad SMARTS) is 1. The van der Waals surface area contributed by atoms with Gasteiger partial charge in [0.15, 0.2) is 6.10 Å². The minimum atomic E-state index is -1.60. The molecule has 0 saturated heterocycles. The molecule has 2 amide bonds. The summed E-state index contributed by atoms with van der Waals surface area (Å²) in [5.41, 5.74) is 2.77. The van der Waals surface area contributed by atoms with Crippen LogP contribution in [0, 0.1) is 0 Å². The van der Waals surface area contributed by atoms with Crippen LogP contribution >= 0.6 is 0 Å². The molecule has 0 radical (unpaired) electrons. The monoisotopic (exact) mass is 280 g/mol. The molecule has 0 bridgehead atoms. The quantitative estimate of drug-likeness (QED) is 0.632. The van der Waals surface area contributed by atoms with Gasteiger partial charge in [-0.15, -0.1) is 0 Å². The van der Waals surface area contributed by atoms with E-state index in [1.165, 1.54) is 0 Å². The fourth-order valence-corrected chi connectivity index (χ4v) is 1.84. The molecule has 1 rings (SSSR count). The number of benzene rings is 1. The van der Waals surface area contributed by atoms with E-state index >= 15 is 0 Å². The molecule has 0 saturated carbocycles. The third-order valence-corrected chi connectivity index (χ3v) is 2.98. The predicted octanol–water partition coefficient (Wildman–Crippen LogP) is 1.38. The molecule has 0 heterocycles. The Labute approximate surface area is 117 Å². The molecule has 110 valence electrons. The van der Waals surface area contributed by atoms with Crippen LogP contribution < -0.4 is 10.6 Å². The number of urea groups is 1. The van der Waals surface area contributed by atoms with E-state index < -0.39 is 18.1 Å². The number of carboxylic acids is 1. The van der Waals surface area contributed by atoms with E-state index in [2.05, 4.69) is 10.6 Å². The maximum atomic E-state index is 11.7. The van der Waals surface area contributed by atoms with Crippen LogP contribution in [0.25, 0.3) is 0 Å². The minimum Gasteiger partial charge on any atom is -0.479 e. The Balaban J connectivity index is 2.72. The highest BCUT2D eigenvalue weighted by molar-refractivity contribution is 5.91. The van der Waals surface area contributed by atoms with Gasteiger partial charge in [-0.2, -0.15) is 0 Å². The lowest BCUT2D eigenvalue weighted by Crippen LogP contribution is -2.39. The number of aryl methyl sites for hydroxylation is 2. The normalized spacial score (nSPS) is 11.8. The molecule has 0 aromatic heterocycles.